The normalized spacial score (nSPS) is 12.4. The SMILES string of the molecule is Cc1cc(C)c(-n2cc[n+](-c3c(C)cc(C)cc3C)c2[Se-])c(C)c1.Cc1cc(C)c(-n2cc[n+](-c3c(C)cc(C)cc3C)c2[Se-])c(C)c1.F[P-](F)(F)(F)(F)F.[Cu+]. The maximum absolute atomic E-state index is 10.7. The summed E-state index contributed by atoms with van der Waals surface area (Å²) in [5, 5.41) is 0. The molecule has 56 heavy (non-hydrogen) atoms. The van der Waals surface area contributed by atoms with E-state index in [9.17, 15) is 25.2 Å². The van der Waals surface area contributed by atoms with Gasteiger partial charge in [-0.05, 0) is 0 Å². The van der Waals surface area contributed by atoms with Crippen molar-refractivity contribution >= 4 is 49.3 Å². The fourth-order valence-corrected chi connectivity index (χ4v) is 8.92. The molecule has 0 atom stereocenters. The van der Waals surface area contributed by atoms with Gasteiger partial charge in [-0.15, -0.1) is 0 Å². The Balaban J connectivity index is 0.000000253. The van der Waals surface area contributed by atoms with Crippen LogP contribution in [0.1, 0.15) is 66.8 Å². The first kappa shape index (κ1) is 47.2. The molecule has 0 aliphatic heterocycles. The Morgan fingerprint density at radius 1 is 0.411 bits per heavy atom. The first-order chi connectivity index (χ1) is 25.0. The van der Waals surface area contributed by atoms with E-state index in [1.165, 1.54) is 89.5 Å². The number of rotatable bonds is 4. The average Bonchev–Trinajstić information content (AvgIpc) is 3.52. The molecule has 0 saturated carbocycles. The second-order valence-corrected chi connectivity index (χ2v) is 18.0. The van der Waals surface area contributed by atoms with Gasteiger partial charge in [-0.3, -0.25) is 0 Å². The zero-order valence-electron chi connectivity index (χ0n) is 33.6. The van der Waals surface area contributed by atoms with Gasteiger partial charge >= 0.3 is 356 Å². The minimum absolute atomic E-state index is 0. The van der Waals surface area contributed by atoms with E-state index < -0.39 is 7.81 Å². The van der Waals surface area contributed by atoms with Gasteiger partial charge in [0.2, 0.25) is 0 Å². The van der Waals surface area contributed by atoms with E-state index >= 15 is 0 Å². The molecule has 6 rings (SSSR count). The zero-order chi connectivity index (χ0) is 41.6. The van der Waals surface area contributed by atoms with Crippen molar-refractivity contribution < 1.29 is 51.4 Å². The molecule has 0 spiro atoms. The van der Waals surface area contributed by atoms with Crippen LogP contribution in [0.4, 0.5) is 25.2 Å². The third-order valence-corrected chi connectivity index (χ3v) is 10.7. The third-order valence-electron chi connectivity index (χ3n) is 9.06. The molecule has 4 aromatic carbocycles. The van der Waals surface area contributed by atoms with Crippen molar-refractivity contribution in [1.82, 2.24) is 9.13 Å². The van der Waals surface area contributed by atoms with Crippen LogP contribution < -0.4 is 18.6 Å². The molecule has 0 bridgehead atoms. The number of benzene rings is 4. The molecule has 0 fully saturated rings. The number of aryl methyl sites for hydroxylation is 12. The Hall–Kier alpha value is -3.13. The summed E-state index contributed by atoms with van der Waals surface area (Å²) in [5.41, 5.74) is 20.6. The van der Waals surface area contributed by atoms with Crippen molar-refractivity contribution in [3.8, 4) is 22.7 Å². The van der Waals surface area contributed by atoms with Crippen molar-refractivity contribution in [3.05, 3.63) is 140 Å². The average molecular weight is 975 g/mol. The van der Waals surface area contributed by atoms with E-state index in [1.807, 2.05) is 0 Å². The van der Waals surface area contributed by atoms with Crippen molar-refractivity contribution in [1.29, 1.82) is 0 Å². The number of halogens is 6. The molecule has 0 aliphatic rings. The molecule has 2 heterocycles. The summed E-state index contributed by atoms with van der Waals surface area (Å²) >= 11 is 6.56. The Labute approximate surface area is 353 Å². The summed E-state index contributed by atoms with van der Waals surface area (Å²) < 4.78 is 70.4. The van der Waals surface area contributed by atoms with E-state index in [2.05, 4.69) is 207 Å². The van der Waals surface area contributed by atoms with Crippen LogP contribution in [0.15, 0.2) is 73.3 Å². The Morgan fingerprint density at radius 2 is 0.607 bits per heavy atom. The van der Waals surface area contributed by atoms with Crippen molar-refractivity contribution in [2.45, 2.75) is 83.1 Å². The van der Waals surface area contributed by atoms with Crippen LogP contribution in [0.25, 0.3) is 22.7 Å². The van der Waals surface area contributed by atoms with E-state index in [-0.39, 0.29) is 17.1 Å². The molecule has 0 aliphatic carbocycles. The number of imidazole rings is 2. The van der Waals surface area contributed by atoms with E-state index in [0.29, 0.717) is 0 Å². The molecule has 6 aromatic rings. The molecule has 306 valence electrons. The Morgan fingerprint density at radius 3 is 0.821 bits per heavy atom. The van der Waals surface area contributed by atoms with E-state index in [1.54, 1.807) is 0 Å². The summed E-state index contributed by atoms with van der Waals surface area (Å²) in [4.78, 5) is 0. The quantitative estimate of drug-likeness (QED) is 0.0725. The molecule has 0 radical (unpaired) electrons. The predicted octanol–water partition coefficient (Wildman–Crippen LogP) is 10.2. The van der Waals surface area contributed by atoms with Gasteiger partial charge in [0.15, 0.2) is 0 Å². The van der Waals surface area contributed by atoms with Gasteiger partial charge < -0.3 is 0 Å². The maximum atomic E-state index is 9.87. The van der Waals surface area contributed by atoms with Gasteiger partial charge in [-0.25, -0.2) is 0 Å². The molecule has 0 amide bonds. The van der Waals surface area contributed by atoms with Crippen LogP contribution in [-0.2, 0) is 17.1 Å². The minimum atomic E-state index is -10.7. The van der Waals surface area contributed by atoms with Gasteiger partial charge in [0.1, 0.15) is 0 Å². The summed E-state index contributed by atoms with van der Waals surface area (Å²) in [6.45, 7) is 26.1. The Bertz CT molecular complexity index is 2030. The first-order valence-electron chi connectivity index (χ1n) is 17.5. The van der Waals surface area contributed by atoms with Crippen LogP contribution >= 0.6 is 7.81 Å². The molecule has 0 N–H and O–H groups in total. The molecule has 0 saturated heterocycles. The number of aromatic nitrogens is 4. The first-order valence-corrected chi connectivity index (χ1v) is 21.3. The van der Waals surface area contributed by atoms with Crippen LogP contribution in [0.3, 0.4) is 0 Å². The van der Waals surface area contributed by atoms with E-state index in [0.717, 1.165) is 9.45 Å². The van der Waals surface area contributed by atoms with Crippen LogP contribution in [0.2, 0.25) is 0 Å². The molecule has 2 aromatic heterocycles. The number of hydrogen-bond acceptors (Lipinski definition) is 0. The van der Waals surface area contributed by atoms with Crippen molar-refractivity contribution in [2.75, 3.05) is 0 Å². The van der Waals surface area contributed by atoms with Crippen LogP contribution in [0.5, 0.6) is 0 Å². The largest absolute Gasteiger partial charge is 1.00 e. The second-order valence-electron chi connectivity index (χ2n) is 14.6. The van der Waals surface area contributed by atoms with Gasteiger partial charge in [0.25, 0.3) is 0 Å². The number of hydrogen-bond donors (Lipinski definition) is 0. The minimum Gasteiger partial charge on any atom is 1.00 e. The summed E-state index contributed by atoms with van der Waals surface area (Å²) in [5.74, 6) is 0. The van der Waals surface area contributed by atoms with Crippen LogP contribution in [-0.4, -0.2) is 41.2 Å². The van der Waals surface area contributed by atoms with Gasteiger partial charge in [-0.2, -0.15) is 0 Å². The van der Waals surface area contributed by atoms with Crippen molar-refractivity contribution in [2.24, 2.45) is 0 Å². The summed E-state index contributed by atoms with van der Waals surface area (Å²) in [6, 6.07) is 18.0. The third kappa shape index (κ3) is 12.0. The van der Waals surface area contributed by atoms with E-state index in [4.69, 9.17) is 0 Å². The smallest absolute Gasteiger partial charge is 1.00 e. The predicted molar refractivity (Wildman–Crippen MR) is 216 cm³/mol. The fraction of sp³-hybridized carbons (Fsp3) is 0.286. The van der Waals surface area contributed by atoms with Crippen LogP contribution in [0, 0.1) is 83.1 Å². The Kier molecular flexibility index (Phi) is 14.0. The molecular formula is C42H48CuF6N4PSe2. The molecule has 4 nitrogen and oxygen atoms in total. The summed E-state index contributed by atoms with van der Waals surface area (Å²) in [6.07, 6.45) is 8.59. The summed E-state index contributed by atoms with van der Waals surface area (Å²) in [7, 11) is -10.7. The number of nitrogens with zero attached hydrogens (tertiary/aromatic N) is 4. The van der Waals surface area contributed by atoms with Gasteiger partial charge in [-0.1, -0.05) is 0 Å². The molecule has 0 unspecified atom stereocenters. The zero-order valence-corrected chi connectivity index (χ0v) is 38.8. The molecule has 14 heteroatoms. The standard InChI is InChI=1S/2C21H24N2Se.Cu.F6P/c2*1-13-9-15(3)19(16(4)10-13)22-7-8-23(21(22)24)20-17(5)11-14(2)12-18(20)6;;1-7(2,3,4,5)6/h2*7-12H,1-6H3;;/q;;+1;-1. The second kappa shape index (κ2) is 16.6. The maximum Gasteiger partial charge on any atom is 1.00 e. The topological polar surface area (TPSA) is 17.6 Å². The fourth-order valence-electron chi connectivity index (χ4n) is 7.64. The van der Waals surface area contributed by atoms with Gasteiger partial charge in [0, 0.05) is 0 Å². The van der Waals surface area contributed by atoms with Gasteiger partial charge in [0.05, 0.1) is 0 Å². The monoisotopic (exact) mass is 976 g/mol. The molecular weight excluding hydrogens is 927 g/mol. The van der Waals surface area contributed by atoms with Crippen molar-refractivity contribution in [3.63, 3.8) is 0 Å².